The molecule has 1 unspecified atom stereocenters. The lowest BCUT2D eigenvalue weighted by atomic mass is 10.2. The third kappa shape index (κ3) is 5.19. The Balaban J connectivity index is 2.14. The molecule has 0 amide bonds. The van der Waals surface area contributed by atoms with Crippen LogP contribution in [0.1, 0.15) is 12.5 Å². The maximum atomic E-state index is 11.1. The molecule has 4 heteroatoms. The third-order valence-corrected chi connectivity index (χ3v) is 2.59. The smallest absolute Gasteiger partial charge is 0.309 e. The monoisotopic (exact) mass is 251 g/mol. The van der Waals surface area contributed by atoms with Crippen LogP contribution in [0.3, 0.4) is 0 Å². The van der Waals surface area contributed by atoms with E-state index in [4.69, 9.17) is 4.74 Å². The fraction of sp³-hybridized carbons (Fsp3) is 0.500. The zero-order chi connectivity index (χ0) is 13.4. The fourth-order valence-electron chi connectivity index (χ4n) is 1.55. The van der Waals surface area contributed by atoms with Gasteiger partial charge in [0.15, 0.2) is 0 Å². The average molecular weight is 251 g/mol. The third-order valence-electron chi connectivity index (χ3n) is 2.59. The van der Waals surface area contributed by atoms with Crippen LogP contribution in [0.5, 0.6) is 5.75 Å². The highest BCUT2D eigenvalue weighted by Gasteiger charge is 2.11. The molecule has 1 rings (SSSR count). The van der Waals surface area contributed by atoms with Crippen LogP contribution < -0.4 is 10.1 Å². The van der Waals surface area contributed by atoms with Gasteiger partial charge in [-0.1, -0.05) is 19.1 Å². The molecule has 0 aromatic heterocycles. The Morgan fingerprint density at radius 1 is 1.44 bits per heavy atom. The van der Waals surface area contributed by atoms with Crippen LogP contribution >= 0.6 is 0 Å². The van der Waals surface area contributed by atoms with Gasteiger partial charge in [-0.25, -0.2) is 0 Å². The number of rotatable bonds is 7. The minimum Gasteiger partial charge on any atom is -0.492 e. The van der Waals surface area contributed by atoms with Gasteiger partial charge in [-0.3, -0.25) is 4.79 Å². The SMILES string of the molecule is COC(=O)C(C)CNCCOc1cccc(C)c1. The van der Waals surface area contributed by atoms with E-state index in [0.717, 1.165) is 5.75 Å². The molecule has 0 aliphatic heterocycles. The van der Waals surface area contributed by atoms with E-state index in [1.807, 2.05) is 38.1 Å². The molecule has 100 valence electrons. The molecule has 1 aromatic rings. The van der Waals surface area contributed by atoms with Crippen LogP contribution in [0.15, 0.2) is 24.3 Å². The van der Waals surface area contributed by atoms with Crippen molar-refractivity contribution < 1.29 is 14.3 Å². The molecule has 0 aliphatic carbocycles. The number of benzene rings is 1. The van der Waals surface area contributed by atoms with E-state index in [1.54, 1.807) is 0 Å². The topological polar surface area (TPSA) is 47.6 Å². The fourth-order valence-corrected chi connectivity index (χ4v) is 1.55. The maximum Gasteiger partial charge on any atom is 0.309 e. The summed E-state index contributed by atoms with van der Waals surface area (Å²) in [7, 11) is 1.40. The quantitative estimate of drug-likeness (QED) is 0.592. The van der Waals surface area contributed by atoms with Crippen LogP contribution in [-0.2, 0) is 9.53 Å². The predicted molar refractivity (Wildman–Crippen MR) is 70.7 cm³/mol. The van der Waals surface area contributed by atoms with E-state index in [2.05, 4.69) is 10.1 Å². The first-order valence-corrected chi connectivity index (χ1v) is 6.11. The molecule has 0 saturated carbocycles. The second-order valence-electron chi connectivity index (χ2n) is 4.29. The second kappa shape index (κ2) is 7.71. The lowest BCUT2D eigenvalue weighted by Crippen LogP contribution is -2.30. The molecule has 0 fully saturated rings. The number of hydrogen-bond acceptors (Lipinski definition) is 4. The molecule has 4 nitrogen and oxygen atoms in total. The molecular weight excluding hydrogens is 230 g/mol. The zero-order valence-corrected chi connectivity index (χ0v) is 11.2. The van der Waals surface area contributed by atoms with E-state index in [1.165, 1.54) is 12.7 Å². The van der Waals surface area contributed by atoms with Crippen LogP contribution in [0.4, 0.5) is 0 Å². The Bertz CT molecular complexity index is 379. The maximum absolute atomic E-state index is 11.1. The number of carbonyl (C=O) groups excluding carboxylic acids is 1. The summed E-state index contributed by atoms with van der Waals surface area (Å²) in [5, 5.41) is 3.16. The highest BCUT2D eigenvalue weighted by Crippen LogP contribution is 2.11. The molecular formula is C14H21NO3. The van der Waals surface area contributed by atoms with Gasteiger partial charge in [0.25, 0.3) is 0 Å². The van der Waals surface area contributed by atoms with Crippen molar-refractivity contribution in [1.82, 2.24) is 5.32 Å². The van der Waals surface area contributed by atoms with Gasteiger partial charge in [0.1, 0.15) is 12.4 Å². The lowest BCUT2D eigenvalue weighted by Gasteiger charge is -2.11. The number of esters is 1. The van der Waals surface area contributed by atoms with Gasteiger partial charge in [0.05, 0.1) is 13.0 Å². The molecule has 0 saturated heterocycles. The molecule has 1 N–H and O–H groups in total. The van der Waals surface area contributed by atoms with E-state index in [-0.39, 0.29) is 11.9 Å². The Labute approximate surface area is 108 Å². The van der Waals surface area contributed by atoms with Crippen LogP contribution in [0, 0.1) is 12.8 Å². The molecule has 0 spiro atoms. The summed E-state index contributed by atoms with van der Waals surface area (Å²) < 4.78 is 10.2. The van der Waals surface area contributed by atoms with E-state index >= 15 is 0 Å². The zero-order valence-electron chi connectivity index (χ0n) is 11.2. The van der Waals surface area contributed by atoms with Crippen molar-refractivity contribution in [2.24, 2.45) is 5.92 Å². The Hall–Kier alpha value is -1.55. The summed E-state index contributed by atoms with van der Waals surface area (Å²) in [6.45, 7) is 5.75. The van der Waals surface area contributed by atoms with Crippen molar-refractivity contribution in [2.75, 3.05) is 26.8 Å². The Morgan fingerprint density at radius 3 is 2.89 bits per heavy atom. The van der Waals surface area contributed by atoms with Crippen LogP contribution in [-0.4, -0.2) is 32.8 Å². The second-order valence-corrected chi connectivity index (χ2v) is 4.29. The number of nitrogens with one attached hydrogen (secondary N) is 1. The molecule has 0 heterocycles. The van der Waals surface area contributed by atoms with E-state index in [9.17, 15) is 4.79 Å². The molecule has 0 bridgehead atoms. The molecule has 1 aromatic carbocycles. The van der Waals surface area contributed by atoms with Crippen LogP contribution in [0.2, 0.25) is 0 Å². The number of hydrogen-bond donors (Lipinski definition) is 1. The van der Waals surface area contributed by atoms with Crippen molar-refractivity contribution >= 4 is 5.97 Å². The standard InChI is InChI=1S/C14H21NO3/c1-11-5-4-6-13(9-11)18-8-7-15-10-12(2)14(16)17-3/h4-6,9,12,15H,7-8,10H2,1-3H3. The normalized spacial score (nSPS) is 11.9. The van der Waals surface area contributed by atoms with Gasteiger partial charge in [0, 0.05) is 13.1 Å². The molecule has 0 radical (unpaired) electrons. The summed E-state index contributed by atoms with van der Waals surface area (Å²) >= 11 is 0. The lowest BCUT2D eigenvalue weighted by molar-refractivity contribution is -0.144. The molecule has 1 atom stereocenters. The summed E-state index contributed by atoms with van der Waals surface area (Å²) in [4.78, 5) is 11.1. The van der Waals surface area contributed by atoms with E-state index in [0.29, 0.717) is 19.7 Å². The van der Waals surface area contributed by atoms with Gasteiger partial charge in [0.2, 0.25) is 0 Å². The predicted octanol–water partition coefficient (Wildman–Crippen LogP) is 1.77. The van der Waals surface area contributed by atoms with Gasteiger partial charge in [-0.2, -0.15) is 0 Å². The van der Waals surface area contributed by atoms with Crippen molar-refractivity contribution in [3.63, 3.8) is 0 Å². The van der Waals surface area contributed by atoms with Gasteiger partial charge in [-0.15, -0.1) is 0 Å². The number of ether oxygens (including phenoxy) is 2. The minimum atomic E-state index is -0.192. The highest BCUT2D eigenvalue weighted by atomic mass is 16.5. The largest absolute Gasteiger partial charge is 0.492 e. The molecule has 0 aliphatic rings. The van der Waals surface area contributed by atoms with Gasteiger partial charge >= 0.3 is 5.97 Å². The number of carbonyl (C=O) groups is 1. The number of aryl methyl sites for hydroxylation is 1. The Morgan fingerprint density at radius 2 is 2.22 bits per heavy atom. The average Bonchev–Trinajstić information content (AvgIpc) is 2.37. The summed E-state index contributed by atoms with van der Waals surface area (Å²) in [5.41, 5.74) is 1.18. The van der Waals surface area contributed by atoms with Crippen molar-refractivity contribution in [1.29, 1.82) is 0 Å². The van der Waals surface area contributed by atoms with Crippen molar-refractivity contribution in [2.45, 2.75) is 13.8 Å². The first kappa shape index (κ1) is 14.5. The van der Waals surface area contributed by atoms with E-state index < -0.39 is 0 Å². The van der Waals surface area contributed by atoms with Crippen molar-refractivity contribution in [3.8, 4) is 5.75 Å². The summed E-state index contributed by atoms with van der Waals surface area (Å²) in [6, 6.07) is 7.93. The highest BCUT2D eigenvalue weighted by molar-refractivity contribution is 5.71. The van der Waals surface area contributed by atoms with Gasteiger partial charge in [-0.05, 0) is 24.6 Å². The summed E-state index contributed by atoms with van der Waals surface area (Å²) in [6.07, 6.45) is 0. The molecule has 18 heavy (non-hydrogen) atoms. The first-order chi connectivity index (χ1) is 8.63. The summed E-state index contributed by atoms with van der Waals surface area (Å²) in [5.74, 6) is 0.550. The van der Waals surface area contributed by atoms with Crippen molar-refractivity contribution in [3.05, 3.63) is 29.8 Å². The van der Waals surface area contributed by atoms with Crippen LogP contribution in [0.25, 0.3) is 0 Å². The Kier molecular flexibility index (Phi) is 6.22. The number of methoxy groups -OCH3 is 1. The minimum absolute atomic E-state index is 0.131. The van der Waals surface area contributed by atoms with Gasteiger partial charge < -0.3 is 14.8 Å². The first-order valence-electron chi connectivity index (χ1n) is 6.11.